The predicted molar refractivity (Wildman–Crippen MR) is 162 cm³/mol. The van der Waals surface area contributed by atoms with Gasteiger partial charge in [0.2, 0.25) is 11.7 Å². The molecule has 0 atom stereocenters. The second-order valence-corrected chi connectivity index (χ2v) is 10.0. The van der Waals surface area contributed by atoms with Gasteiger partial charge in [0, 0.05) is 59.4 Å². The minimum Gasteiger partial charge on any atom is -0.464 e. The first-order chi connectivity index (χ1) is 20.9. The molecule has 0 aliphatic heterocycles. The third kappa shape index (κ3) is 7.04. The maximum absolute atomic E-state index is 13.1. The lowest BCUT2D eigenvalue weighted by Gasteiger charge is -2.03. The van der Waals surface area contributed by atoms with Gasteiger partial charge in [0.1, 0.15) is 17.1 Å². The van der Waals surface area contributed by atoms with Gasteiger partial charge in [0.05, 0.1) is 24.2 Å². The molecule has 232 valence electrons. The first-order valence-corrected chi connectivity index (χ1v) is 13.4. The van der Waals surface area contributed by atoms with E-state index in [1.165, 1.54) is 45.2 Å². The number of nitrogens with two attached hydrogens (primary N) is 1. The van der Waals surface area contributed by atoms with Crippen molar-refractivity contribution in [2.24, 2.45) is 33.9 Å². The normalized spacial score (nSPS) is 10.8. The smallest absolute Gasteiger partial charge is 0.354 e. The summed E-state index contributed by atoms with van der Waals surface area (Å²) in [6.45, 7) is 0.389. The summed E-state index contributed by atoms with van der Waals surface area (Å²) in [5, 5.41) is 10.8. The Bertz CT molecular complexity index is 1740. The molecule has 4 aromatic rings. The third-order valence-corrected chi connectivity index (χ3v) is 6.60. The molecule has 0 saturated carbocycles. The second kappa shape index (κ2) is 13.1. The van der Waals surface area contributed by atoms with E-state index in [0.717, 1.165) is 0 Å². The Morgan fingerprint density at radius 3 is 1.68 bits per heavy atom. The number of nitrogens with one attached hydrogen (secondary N) is 4. The second-order valence-electron chi connectivity index (χ2n) is 10.0. The Hall–Kier alpha value is -5.64. The number of aromatic nitrogens is 5. The zero-order valence-corrected chi connectivity index (χ0v) is 24.9. The van der Waals surface area contributed by atoms with Crippen LogP contribution in [0.1, 0.15) is 54.9 Å². The summed E-state index contributed by atoms with van der Waals surface area (Å²) in [5.41, 5.74) is 7.31. The number of methoxy groups -OCH3 is 1. The van der Waals surface area contributed by atoms with Crippen LogP contribution in [0.25, 0.3) is 0 Å². The van der Waals surface area contributed by atoms with Crippen LogP contribution >= 0.6 is 0 Å². The molecule has 0 bridgehead atoms. The number of ether oxygens (including phenoxy) is 1. The highest BCUT2D eigenvalue weighted by molar-refractivity contribution is 6.08. The fourth-order valence-electron chi connectivity index (χ4n) is 4.44. The number of imidazole rings is 1. The summed E-state index contributed by atoms with van der Waals surface area (Å²) in [4.78, 5) is 66.9. The van der Waals surface area contributed by atoms with Crippen molar-refractivity contribution in [3.05, 3.63) is 65.9 Å². The predicted octanol–water partition coefficient (Wildman–Crippen LogP) is 1.66. The van der Waals surface area contributed by atoms with Gasteiger partial charge < -0.3 is 50.0 Å². The van der Waals surface area contributed by atoms with Crippen LogP contribution in [0.4, 0.5) is 22.9 Å². The minimum absolute atomic E-state index is 0.0566. The average molecular weight is 607 g/mol. The number of esters is 1. The molecule has 4 rings (SSSR count). The minimum atomic E-state index is -0.539. The molecule has 4 aromatic heterocycles. The van der Waals surface area contributed by atoms with E-state index in [2.05, 4.69) is 26.3 Å². The van der Waals surface area contributed by atoms with Crippen LogP contribution in [0.15, 0.2) is 43.0 Å². The fourth-order valence-corrected chi connectivity index (χ4v) is 4.44. The molecule has 0 spiro atoms. The zero-order valence-electron chi connectivity index (χ0n) is 24.9. The van der Waals surface area contributed by atoms with Gasteiger partial charge in [0.15, 0.2) is 5.82 Å². The fraction of sp³-hybridized carbons (Fsp3) is 0.286. The molecule has 0 saturated heterocycles. The van der Waals surface area contributed by atoms with Crippen molar-refractivity contribution in [3.63, 3.8) is 0 Å². The number of aryl methyl sites for hydroxylation is 4. The highest BCUT2D eigenvalue weighted by Gasteiger charge is 2.20. The first-order valence-electron chi connectivity index (χ1n) is 13.4. The van der Waals surface area contributed by atoms with Crippen LogP contribution in [-0.2, 0) is 37.7 Å². The quantitative estimate of drug-likeness (QED) is 0.159. The van der Waals surface area contributed by atoms with Crippen LogP contribution in [0.5, 0.6) is 0 Å². The molecule has 0 aliphatic carbocycles. The van der Waals surface area contributed by atoms with Crippen molar-refractivity contribution in [1.82, 2.24) is 23.3 Å². The Morgan fingerprint density at radius 1 is 0.705 bits per heavy atom. The number of anilines is 4. The van der Waals surface area contributed by atoms with Gasteiger partial charge in [-0.3, -0.25) is 19.2 Å². The van der Waals surface area contributed by atoms with E-state index in [4.69, 9.17) is 10.5 Å². The number of rotatable bonds is 11. The number of hydrogen-bond donors (Lipinski definition) is 5. The third-order valence-electron chi connectivity index (χ3n) is 6.60. The molecule has 0 radical (unpaired) electrons. The molecular formula is C28H34N10O6. The van der Waals surface area contributed by atoms with E-state index in [9.17, 15) is 24.0 Å². The van der Waals surface area contributed by atoms with Gasteiger partial charge in [-0.1, -0.05) is 0 Å². The summed E-state index contributed by atoms with van der Waals surface area (Å²) in [6, 6.07) is 4.50. The molecule has 4 heterocycles. The maximum atomic E-state index is 13.1. The standard InChI is InChI=1S/C28H34N10O6/c1-35-12-16(9-19(35)26(41)31-18-11-21(28(43)44-5)37(3)14-18)30-25(40)20-10-17(13-36(20)2)32-27(42)24-34-22(15-38(24)4)33-23(39)7-6-8-29/h9-15H,6-8,29H2,1-5H3,(H,30,40)(H,31,41)(H,32,42)(H,33,39). The molecular weight excluding hydrogens is 572 g/mol. The van der Waals surface area contributed by atoms with Crippen molar-refractivity contribution >= 4 is 52.5 Å². The molecule has 16 nitrogen and oxygen atoms in total. The highest BCUT2D eigenvalue weighted by atomic mass is 16.5. The first kappa shape index (κ1) is 31.3. The lowest BCUT2D eigenvalue weighted by molar-refractivity contribution is -0.116. The van der Waals surface area contributed by atoms with E-state index in [1.54, 1.807) is 51.3 Å². The van der Waals surface area contributed by atoms with Crippen LogP contribution in [-0.4, -0.2) is 66.5 Å². The molecule has 0 unspecified atom stereocenters. The van der Waals surface area contributed by atoms with Crippen molar-refractivity contribution in [2.75, 3.05) is 34.9 Å². The van der Waals surface area contributed by atoms with Crippen LogP contribution in [0.3, 0.4) is 0 Å². The zero-order chi connectivity index (χ0) is 32.1. The van der Waals surface area contributed by atoms with Crippen LogP contribution < -0.4 is 27.0 Å². The Kier molecular flexibility index (Phi) is 9.33. The van der Waals surface area contributed by atoms with Gasteiger partial charge in [-0.25, -0.2) is 9.78 Å². The lowest BCUT2D eigenvalue weighted by Crippen LogP contribution is -2.17. The Morgan fingerprint density at radius 2 is 1.18 bits per heavy atom. The Labute approximate surface area is 252 Å². The van der Waals surface area contributed by atoms with Crippen molar-refractivity contribution in [1.29, 1.82) is 0 Å². The molecule has 0 fully saturated rings. The summed E-state index contributed by atoms with van der Waals surface area (Å²) in [5.74, 6) is -1.97. The van der Waals surface area contributed by atoms with Gasteiger partial charge in [-0.05, 0) is 31.2 Å². The monoisotopic (exact) mass is 606 g/mol. The summed E-state index contributed by atoms with van der Waals surface area (Å²) >= 11 is 0. The molecule has 4 amide bonds. The molecule has 6 N–H and O–H groups in total. The van der Waals surface area contributed by atoms with E-state index in [0.29, 0.717) is 30.0 Å². The van der Waals surface area contributed by atoms with Crippen molar-refractivity contribution in [3.8, 4) is 0 Å². The van der Waals surface area contributed by atoms with E-state index in [1.807, 2.05) is 0 Å². The van der Waals surface area contributed by atoms with E-state index in [-0.39, 0.29) is 41.1 Å². The summed E-state index contributed by atoms with van der Waals surface area (Å²) < 4.78 is 10.8. The van der Waals surface area contributed by atoms with Crippen LogP contribution in [0, 0.1) is 0 Å². The largest absolute Gasteiger partial charge is 0.464 e. The molecule has 44 heavy (non-hydrogen) atoms. The van der Waals surface area contributed by atoms with Crippen LogP contribution in [0.2, 0.25) is 0 Å². The SMILES string of the molecule is COC(=O)c1cc(NC(=O)c2cc(NC(=O)c3cc(NC(=O)c4nc(NC(=O)CCCN)cn4C)cn3C)cn2C)cn1C. The number of nitrogens with zero attached hydrogens (tertiary/aromatic N) is 5. The van der Waals surface area contributed by atoms with Gasteiger partial charge in [-0.2, -0.15) is 0 Å². The number of carbonyl (C=O) groups excluding carboxylic acids is 5. The maximum Gasteiger partial charge on any atom is 0.354 e. The van der Waals surface area contributed by atoms with Crippen molar-refractivity contribution < 1.29 is 28.7 Å². The van der Waals surface area contributed by atoms with Gasteiger partial charge >= 0.3 is 5.97 Å². The van der Waals surface area contributed by atoms with Gasteiger partial charge in [-0.15, -0.1) is 0 Å². The number of hydrogen-bond acceptors (Lipinski definition) is 8. The lowest BCUT2D eigenvalue weighted by atomic mass is 10.3. The van der Waals surface area contributed by atoms with E-state index >= 15 is 0 Å². The van der Waals surface area contributed by atoms with Gasteiger partial charge in [0.25, 0.3) is 17.7 Å². The number of carbonyl (C=O) groups is 5. The van der Waals surface area contributed by atoms with E-state index < -0.39 is 23.7 Å². The Balaban J connectivity index is 1.40. The average Bonchev–Trinajstić information content (AvgIpc) is 3.72. The summed E-state index contributed by atoms with van der Waals surface area (Å²) in [6.07, 6.45) is 7.03. The molecule has 16 heteroatoms. The molecule has 0 aromatic carbocycles. The molecule has 0 aliphatic rings. The summed E-state index contributed by atoms with van der Waals surface area (Å²) in [7, 11) is 7.84. The topological polar surface area (TPSA) is 201 Å². The number of amides is 4. The highest BCUT2D eigenvalue weighted by Crippen LogP contribution is 2.20. The van der Waals surface area contributed by atoms with Crippen molar-refractivity contribution in [2.45, 2.75) is 12.8 Å².